The van der Waals surface area contributed by atoms with Gasteiger partial charge in [-0.1, -0.05) is 0 Å². The van der Waals surface area contributed by atoms with Gasteiger partial charge in [0.05, 0.1) is 31.6 Å². The molecule has 2 aliphatic rings. The molecule has 0 saturated carbocycles. The molecule has 25 heavy (non-hydrogen) atoms. The summed E-state index contributed by atoms with van der Waals surface area (Å²) in [5.41, 5.74) is 1.06. The molecule has 0 aromatic carbocycles. The van der Waals surface area contributed by atoms with Crippen LogP contribution in [0.1, 0.15) is 35.1 Å². The average Bonchev–Trinajstić information content (AvgIpc) is 3.16. The third-order valence-corrected chi connectivity index (χ3v) is 4.40. The van der Waals surface area contributed by atoms with Gasteiger partial charge in [-0.25, -0.2) is 10.0 Å². The molecule has 0 aliphatic carbocycles. The van der Waals surface area contributed by atoms with Crippen molar-refractivity contribution < 1.29 is 14.4 Å². The first-order valence-electron chi connectivity index (χ1n) is 8.26. The second-order valence-electron chi connectivity index (χ2n) is 6.04. The highest BCUT2D eigenvalue weighted by Crippen LogP contribution is 2.24. The topological polar surface area (TPSA) is 93.5 Å². The van der Waals surface area contributed by atoms with Crippen LogP contribution < -0.4 is 0 Å². The van der Waals surface area contributed by atoms with Crippen molar-refractivity contribution in [2.24, 2.45) is 0 Å². The fourth-order valence-electron chi connectivity index (χ4n) is 3.14. The van der Waals surface area contributed by atoms with Crippen LogP contribution in [0.5, 0.6) is 0 Å². The van der Waals surface area contributed by atoms with E-state index in [4.69, 9.17) is 4.84 Å². The number of rotatable bonds is 2. The number of nitrogens with zero attached hydrogens (tertiary/aromatic N) is 6. The van der Waals surface area contributed by atoms with Crippen LogP contribution in [0.2, 0.25) is 0 Å². The highest BCUT2D eigenvalue weighted by Gasteiger charge is 2.37. The summed E-state index contributed by atoms with van der Waals surface area (Å²) < 4.78 is 1.68. The van der Waals surface area contributed by atoms with Crippen molar-refractivity contribution in [2.45, 2.75) is 25.4 Å². The number of aromatic nitrogens is 4. The largest absolute Gasteiger partial charge is 0.329 e. The SMILES string of the molecule is O=C(c1cnccn1)N1Cc2ccnn2[C@@H](C(=O)N2CCCCO2)C1. The Hall–Kier alpha value is -2.81. The van der Waals surface area contributed by atoms with Crippen LogP contribution in [0.3, 0.4) is 0 Å². The van der Waals surface area contributed by atoms with Crippen LogP contribution >= 0.6 is 0 Å². The van der Waals surface area contributed by atoms with E-state index in [0.717, 1.165) is 18.5 Å². The maximum Gasteiger partial charge on any atom is 0.274 e. The minimum Gasteiger partial charge on any atom is -0.329 e. The van der Waals surface area contributed by atoms with Gasteiger partial charge in [-0.15, -0.1) is 0 Å². The molecule has 9 nitrogen and oxygen atoms in total. The standard InChI is InChI=1S/C16H18N6O3/c23-15(13-9-17-5-6-18-13)20-10-12-3-4-19-22(12)14(11-20)16(24)21-7-1-2-8-25-21/h3-6,9,14H,1-2,7-8,10-11H2/t14-/m1/s1. The Kier molecular flexibility index (Phi) is 4.14. The van der Waals surface area contributed by atoms with Crippen molar-refractivity contribution >= 4 is 11.8 Å². The highest BCUT2D eigenvalue weighted by molar-refractivity contribution is 5.92. The van der Waals surface area contributed by atoms with Crippen LogP contribution in [0, 0.1) is 0 Å². The Morgan fingerprint density at radius 3 is 2.88 bits per heavy atom. The van der Waals surface area contributed by atoms with E-state index in [9.17, 15) is 9.59 Å². The summed E-state index contributed by atoms with van der Waals surface area (Å²) in [5, 5.41) is 5.67. The Bertz CT molecular complexity index is 771. The zero-order valence-corrected chi connectivity index (χ0v) is 13.6. The van der Waals surface area contributed by atoms with Crippen molar-refractivity contribution in [3.63, 3.8) is 0 Å². The summed E-state index contributed by atoms with van der Waals surface area (Å²) in [6.45, 7) is 1.69. The monoisotopic (exact) mass is 342 g/mol. The molecule has 0 radical (unpaired) electrons. The maximum absolute atomic E-state index is 12.9. The summed E-state index contributed by atoms with van der Waals surface area (Å²) in [6, 6.07) is 1.21. The van der Waals surface area contributed by atoms with E-state index in [-0.39, 0.29) is 24.1 Å². The van der Waals surface area contributed by atoms with E-state index in [1.165, 1.54) is 23.7 Å². The van der Waals surface area contributed by atoms with Gasteiger partial charge in [0.1, 0.15) is 5.69 Å². The second-order valence-corrected chi connectivity index (χ2v) is 6.04. The van der Waals surface area contributed by atoms with Crippen LogP contribution in [-0.2, 0) is 16.2 Å². The second kappa shape index (κ2) is 6.60. The van der Waals surface area contributed by atoms with Crippen molar-refractivity contribution in [3.05, 3.63) is 42.2 Å². The van der Waals surface area contributed by atoms with Gasteiger partial charge in [-0.05, 0) is 18.9 Å². The predicted octanol–water partition coefficient (Wildman–Crippen LogP) is 0.424. The molecule has 0 spiro atoms. The Morgan fingerprint density at radius 2 is 2.12 bits per heavy atom. The number of amides is 2. The van der Waals surface area contributed by atoms with Crippen LogP contribution in [0.15, 0.2) is 30.9 Å². The fraction of sp³-hybridized carbons (Fsp3) is 0.438. The normalized spacial score (nSPS) is 20.2. The molecule has 1 saturated heterocycles. The molecule has 2 amide bonds. The Balaban J connectivity index is 1.59. The number of hydroxylamine groups is 2. The van der Waals surface area contributed by atoms with Crippen molar-refractivity contribution in [1.29, 1.82) is 0 Å². The molecule has 130 valence electrons. The minimum absolute atomic E-state index is 0.179. The molecule has 2 aliphatic heterocycles. The summed E-state index contributed by atoms with van der Waals surface area (Å²) in [4.78, 5) is 40.7. The number of fused-ring (bicyclic) bond motifs is 1. The van der Waals surface area contributed by atoms with E-state index in [2.05, 4.69) is 15.1 Å². The highest BCUT2D eigenvalue weighted by atomic mass is 16.7. The lowest BCUT2D eigenvalue weighted by Crippen LogP contribution is -2.49. The van der Waals surface area contributed by atoms with Gasteiger partial charge < -0.3 is 4.90 Å². The summed E-state index contributed by atoms with van der Waals surface area (Å²) in [6.07, 6.45) is 7.92. The lowest BCUT2D eigenvalue weighted by Gasteiger charge is -2.36. The molecular formula is C16H18N6O3. The molecule has 4 heterocycles. The van der Waals surface area contributed by atoms with Gasteiger partial charge in [0.2, 0.25) is 0 Å². The zero-order valence-electron chi connectivity index (χ0n) is 13.6. The first kappa shape index (κ1) is 15.7. The molecular weight excluding hydrogens is 324 g/mol. The lowest BCUT2D eigenvalue weighted by atomic mass is 10.1. The predicted molar refractivity (Wildman–Crippen MR) is 84.9 cm³/mol. The van der Waals surface area contributed by atoms with Crippen molar-refractivity contribution in [1.82, 2.24) is 29.7 Å². The molecule has 9 heteroatoms. The number of hydrogen-bond acceptors (Lipinski definition) is 6. The van der Waals surface area contributed by atoms with E-state index < -0.39 is 6.04 Å². The summed E-state index contributed by atoms with van der Waals surface area (Å²) in [7, 11) is 0. The fourth-order valence-corrected chi connectivity index (χ4v) is 3.14. The van der Waals surface area contributed by atoms with E-state index in [0.29, 0.717) is 19.7 Å². The van der Waals surface area contributed by atoms with E-state index >= 15 is 0 Å². The van der Waals surface area contributed by atoms with Crippen molar-refractivity contribution in [2.75, 3.05) is 19.7 Å². The molecule has 0 N–H and O–H groups in total. The number of carbonyl (C=O) groups excluding carboxylic acids is 2. The van der Waals surface area contributed by atoms with Gasteiger partial charge in [0.15, 0.2) is 6.04 Å². The quantitative estimate of drug-likeness (QED) is 0.785. The number of hydrogen-bond donors (Lipinski definition) is 0. The molecule has 2 aromatic heterocycles. The van der Waals surface area contributed by atoms with Crippen LogP contribution in [-0.4, -0.2) is 61.2 Å². The van der Waals surface area contributed by atoms with Gasteiger partial charge in [0, 0.05) is 25.1 Å². The molecule has 1 fully saturated rings. The summed E-state index contributed by atoms with van der Waals surface area (Å²) >= 11 is 0. The van der Waals surface area contributed by atoms with Crippen LogP contribution in [0.4, 0.5) is 0 Å². The van der Waals surface area contributed by atoms with Gasteiger partial charge >= 0.3 is 0 Å². The molecule has 0 unspecified atom stereocenters. The van der Waals surface area contributed by atoms with Gasteiger partial charge in [-0.3, -0.25) is 24.1 Å². The van der Waals surface area contributed by atoms with Crippen LogP contribution in [0.25, 0.3) is 0 Å². The third kappa shape index (κ3) is 2.98. The lowest BCUT2D eigenvalue weighted by molar-refractivity contribution is -0.201. The molecule has 2 aromatic rings. The van der Waals surface area contributed by atoms with E-state index in [1.54, 1.807) is 15.8 Å². The maximum atomic E-state index is 12.9. The third-order valence-electron chi connectivity index (χ3n) is 4.40. The first-order chi connectivity index (χ1) is 12.2. The molecule has 1 atom stereocenters. The Labute approximate surface area is 144 Å². The smallest absolute Gasteiger partial charge is 0.274 e. The summed E-state index contributed by atoms with van der Waals surface area (Å²) in [5.74, 6) is -0.431. The van der Waals surface area contributed by atoms with Gasteiger partial charge in [0.25, 0.3) is 11.8 Å². The minimum atomic E-state index is -0.600. The Morgan fingerprint density at radius 1 is 1.20 bits per heavy atom. The van der Waals surface area contributed by atoms with Crippen molar-refractivity contribution in [3.8, 4) is 0 Å². The molecule has 0 bridgehead atoms. The van der Waals surface area contributed by atoms with E-state index in [1.807, 2.05) is 6.07 Å². The number of carbonyl (C=O) groups is 2. The molecule has 4 rings (SSSR count). The first-order valence-corrected chi connectivity index (χ1v) is 8.26. The zero-order chi connectivity index (χ0) is 17.2. The van der Waals surface area contributed by atoms with Gasteiger partial charge in [-0.2, -0.15) is 5.10 Å². The average molecular weight is 342 g/mol.